The van der Waals surface area contributed by atoms with Gasteiger partial charge in [0.25, 0.3) is 5.91 Å². The standard InChI is InChI=1S/C13H19N3O5S/c17-12(18)4-3-5-14-13(19)11-8-10(9-15-11)22(20,21)16-6-1-2-7-16/h8-9,15H,1-7H2,(H,14,19)(H,17,18). The van der Waals surface area contributed by atoms with E-state index in [1.165, 1.54) is 16.6 Å². The Balaban J connectivity index is 1.95. The first-order chi connectivity index (χ1) is 10.4. The third-order valence-corrected chi connectivity index (χ3v) is 5.33. The first-order valence-electron chi connectivity index (χ1n) is 7.10. The zero-order valence-electron chi connectivity index (χ0n) is 12.0. The summed E-state index contributed by atoms with van der Waals surface area (Å²) in [7, 11) is -3.54. The van der Waals surface area contributed by atoms with E-state index in [4.69, 9.17) is 5.11 Å². The molecule has 1 saturated heterocycles. The predicted octanol–water partition coefficient (Wildman–Crippen LogP) is 0.394. The number of hydrogen-bond acceptors (Lipinski definition) is 4. The smallest absolute Gasteiger partial charge is 0.303 e. The van der Waals surface area contributed by atoms with Crippen LogP contribution in [-0.4, -0.2) is 54.3 Å². The van der Waals surface area contributed by atoms with Crippen molar-refractivity contribution < 1.29 is 23.1 Å². The van der Waals surface area contributed by atoms with Gasteiger partial charge in [-0.2, -0.15) is 4.31 Å². The van der Waals surface area contributed by atoms with Gasteiger partial charge in [0.2, 0.25) is 10.0 Å². The first-order valence-corrected chi connectivity index (χ1v) is 8.54. The number of nitrogens with zero attached hydrogens (tertiary/aromatic N) is 1. The van der Waals surface area contributed by atoms with Gasteiger partial charge in [-0.15, -0.1) is 0 Å². The second kappa shape index (κ2) is 6.93. The van der Waals surface area contributed by atoms with Gasteiger partial charge in [-0.05, 0) is 25.3 Å². The van der Waals surface area contributed by atoms with E-state index >= 15 is 0 Å². The van der Waals surface area contributed by atoms with E-state index < -0.39 is 21.9 Å². The summed E-state index contributed by atoms with van der Waals surface area (Å²) in [5, 5.41) is 11.0. The summed E-state index contributed by atoms with van der Waals surface area (Å²) in [5.74, 6) is -1.37. The van der Waals surface area contributed by atoms with Crippen LogP contribution in [0.1, 0.15) is 36.2 Å². The number of sulfonamides is 1. The average molecular weight is 329 g/mol. The summed E-state index contributed by atoms with van der Waals surface area (Å²) >= 11 is 0. The number of aromatic amines is 1. The normalized spacial score (nSPS) is 15.8. The van der Waals surface area contributed by atoms with E-state index in [1.54, 1.807) is 0 Å². The Kier molecular flexibility index (Phi) is 5.19. The molecule has 1 aliphatic rings. The summed E-state index contributed by atoms with van der Waals surface area (Å²) in [5.41, 5.74) is 0.146. The molecule has 1 fully saturated rings. The van der Waals surface area contributed by atoms with Gasteiger partial charge in [0.05, 0.1) is 0 Å². The summed E-state index contributed by atoms with van der Waals surface area (Å²) in [6, 6.07) is 1.31. The maximum Gasteiger partial charge on any atom is 0.303 e. The van der Waals surface area contributed by atoms with Crippen LogP contribution in [0.2, 0.25) is 0 Å². The lowest BCUT2D eigenvalue weighted by atomic mass is 10.3. The molecule has 0 atom stereocenters. The van der Waals surface area contributed by atoms with E-state index in [2.05, 4.69) is 10.3 Å². The predicted molar refractivity (Wildman–Crippen MR) is 78.0 cm³/mol. The number of nitrogens with one attached hydrogen (secondary N) is 2. The molecule has 122 valence electrons. The molecule has 2 heterocycles. The molecule has 1 aromatic heterocycles. The van der Waals surface area contributed by atoms with Crippen molar-refractivity contribution in [2.24, 2.45) is 0 Å². The lowest BCUT2D eigenvalue weighted by molar-refractivity contribution is -0.137. The fraction of sp³-hybridized carbons (Fsp3) is 0.538. The minimum absolute atomic E-state index is 0.0282. The third kappa shape index (κ3) is 3.86. The molecular weight excluding hydrogens is 310 g/mol. The number of aliphatic carboxylic acids is 1. The molecule has 0 saturated carbocycles. The lowest BCUT2D eigenvalue weighted by Crippen LogP contribution is -2.27. The van der Waals surface area contributed by atoms with Crippen LogP contribution in [0.25, 0.3) is 0 Å². The average Bonchev–Trinajstić information content (AvgIpc) is 3.13. The van der Waals surface area contributed by atoms with Gasteiger partial charge in [-0.3, -0.25) is 9.59 Å². The highest BCUT2D eigenvalue weighted by atomic mass is 32.2. The van der Waals surface area contributed by atoms with Crippen LogP contribution in [0.3, 0.4) is 0 Å². The van der Waals surface area contributed by atoms with Gasteiger partial charge in [-0.1, -0.05) is 0 Å². The van der Waals surface area contributed by atoms with Gasteiger partial charge in [0.15, 0.2) is 0 Å². The summed E-state index contributed by atoms with van der Waals surface area (Å²) < 4.78 is 26.0. The fourth-order valence-corrected chi connectivity index (χ4v) is 3.78. The van der Waals surface area contributed by atoms with E-state index in [0.717, 1.165) is 12.8 Å². The number of rotatable bonds is 7. The monoisotopic (exact) mass is 329 g/mol. The summed E-state index contributed by atoms with van der Waals surface area (Å²) in [6.07, 6.45) is 3.29. The molecular formula is C13H19N3O5S. The maximum atomic E-state index is 12.3. The number of amides is 1. The Morgan fingerprint density at radius 2 is 2.00 bits per heavy atom. The summed E-state index contributed by atoms with van der Waals surface area (Å²) in [6.45, 7) is 1.23. The van der Waals surface area contributed by atoms with E-state index in [9.17, 15) is 18.0 Å². The number of carboxylic acid groups (broad SMARTS) is 1. The van der Waals surface area contributed by atoms with Crippen molar-refractivity contribution in [2.75, 3.05) is 19.6 Å². The van der Waals surface area contributed by atoms with Crippen molar-refractivity contribution in [3.63, 3.8) is 0 Å². The minimum atomic E-state index is -3.54. The van der Waals surface area contributed by atoms with Gasteiger partial charge in [0, 0.05) is 32.3 Å². The minimum Gasteiger partial charge on any atom is -0.481 e. The van der Waals surface area contributed by atoms with Gasteiger partial charge in [-0.25, -0.2) is 8.42 Å². The molecule has 3 N–H and O–H groups in total. The molecule has 22 heavy (non-hydrogen) atoms. The molecule has 1 amide bonds. The van der Waals surface area contributed by atoms with E-state index in [-0.39, 0.29) is 23.6 Å². The maximum absolute atomic E-state index is 12.3. The highest BCUT2D eigenvalue weighted by Gasteiger charge is 2.28. The Morgan fingerprint density at radius 3 is 2.64 bits per heavy atom. The Bertz CT molecular complexity index is 646. The molecule has 9 heteroatoms. The number of carbonyl (C=O) groups is 2. The highest BCUT2D eigenvalue weighted by Crippen LogP contribution is 2.21. The van der Waals surface area contributed by atoms with Gasteiger partial charge >= 0.3 is 5.97 Å². The quantitative estimate of drug-likeness (QED) is 0.625. The van der Waals surface area contributed by atoms with Crippen molar-refractivity contribution in [2.45, 2.75) is 30.6 Å². The van der Waals surface area contributed by atoms with Gasteiger partial charge in [0.1, 0.15) is 10.6 Å². The first kappa shape index (κ1) is 16.5. The molecule has 0 aromatic carbocycles. The molecule has 2 rings (SSSR count). The second-order valence-corrected chi connectivity index (χ2v) is 7.05. The molecule has 0 aliphatic carbocycles. The van der Waals surface area contributed by atoms with Crippen LogP contribution in [0.5, 0.6) is 0 Å². The summed E-state index contributed by atoms with van der Waals surface area (Å²) in [4.78, 5) is 24.9. The number of hydrogen-bond donors (Lipinski definition) is 3. The van der Waals surface area contributed by atoms with Crippen LogP contribution in [0.4, 0.5) is 0 Å². The SMILES string of the molecule is O=C(O)CCCNC(=O)c1cc(S(=O)(=O)N2CCCC2)c[nH]1. The van der Waals surface area contributed by atoms with Gasteiger partial charge < -0.3 is 15.4 Å². The Labute approximate surface area is 128 Å². The zero-order valence-corrected chi connectivity index (χ0v) is 12.9. The number of H-pyrrole nitrogens is 1. The highest BCUT2D eigenvalue weighted by molar-refractivity contribution is 7.89. The molecule has 0 unspecified atom stereocenters. The number of aromatic nitrogens is 1. The van der Waals surface area contributed by atoms with Crippen molar-refractivity contribution in [3.8, 4) is 0 Å². The molecule has 8 nitrogen and oxygen atoms in total. The van der Waals surface area contributed by atoms with E-state index in [0.29, 0.717) is 19.5 Å². The molecule has 1 aromatic rings. The zero-order chi connectivity index (χ0) is 16.2. The van der Waals surface area contributed by atoms with Crippen molar-refractivity contribution >= 4 is 21.9 Å². The number of carboxylic acids is 1. The van der Waals surface area contributed by atoms with E-state index in [1.807, 2.05) is 0 Å². The van der Waals surface area contributed by atoms with Crippen LogP contribution in [0.15, 0.2) is 17.2 Å². The molecule has 0 bridgehead atoms. The molecule has 0 radical (unpaired) electrons. The van der Waals surface area contributed by atoms with Crippen LogP contribution in [0, 0.1) is 0 Å². The number of carbonyl (C=O) groups excluding carboxylic acids is 1. The molecule has 1 aliphatic heterocycles. The second-order valence-electron chi connectivity index (χ2n) is 5.11. The van der Waals surface area contributed by atoms with Crippen LogP contribution >= 0.6 is 0 Å². The lowest BCUT2D eigenvalue weighted by Gasteiger charge is -2.13. The third-order valence-electron chi connectivity index (χ3n) is 3.46. The Hall–Kier alpha value is -1.87. The fourth-order valence-electron chi connectivity index (χ4n) is 2.27. The molecule has 0 spiro atoms. The van der Waals surface area contributed by atoms with Crippen molar-refractivity contribution in [1.29, 1.82) is 0 Å². The largest absolute Gasteiger partial charge is 0.481 e. The topological polar surface area (TPSA) is 120 Å². The van der Waals surface area contributed by atoms with Crippen molar-refractivity contribution in [3.05, 3.63) is 18.0 Å². The van der Waals surface area contributed by atoms with Crippen molar-refractivity contribution in [1.82, 2.24) is 14.6 Å². The Morgan fingerprint density at radius 1 is 1.32 bits per heavy atom. The van der Waals surface area contributed by atoms with Crippen LogP contribution < -0.4 is 5.32 Å². The van der Waals surface area contributed by atoms with Crippen LogP contribution in [-0.2, 0) is 14.8 Å².